The lowest BCUT2D eigenvalue weighted by atomic mass is 10.2. The minimum atomic E-state index is -0.399. The molecule has 1 fully saturated rings. The van der Waals surface area contributed by atoms with E-state index >= 15 is 0 Å². The molecule has 0 bridgehead atoms. The Labute approximate surface area is 163 Å². The van der Waals surface area contributed by atoms with Crippen molar-refractivity contribution in [1.29, 1.82) is 0 Å². The van der Waals surface area contributed by atoms with Crippen LogP contribution in [0.25, 0.3) is 0 Å². The number of aromatic hydroxyl groups is 1. The molecule has 3 N–H and O–H groups in total. The smallest absolute Gasteiger partial charge is 0.243 e. The highest BCUT2D eigenvalue weighted by Crippen LogP contribution is 2.27. The van der Waals surface area contributed by atoms with Crippen LogP contribution in [-0.4, -0.2) is 61.6 Å². The Balaban J connectivity index is 1.49. The number of phenols is 1. The van der Waals surface area contributed by atoms with E-state index in [1.165, 1.54) is 12.1 Å². The zero-order chi connectivity index (χ0) is 19.9. The van der Waals surface area contributed by atoms with Crippen LogP contribution in [0.1, 0.15) is 0 Å². The number of hydrogen-bond acceptors (Lipinski definition) is 4. The molecule has 0 spiro atoms. The van der Waals surface area contributed by atoms with E-state index in [9.17, 15) is 14.3 Å². The lowest BCUT2D eigenvalue weighted by molar-refractivity contribution is -0.115. The third-order valence-electron chi connectivity index (χ3n) is 4.53. The number of para-hydroxylation sites is 2. The summed E-state index contributed by atoms with van der Waals surface area (Å²) in [7, 11) is 1.67. The van der Waals surface area contributed by atoms with Gasteiger partial charge in [0.1, 0.15) is 11.6 Å². The summed E-state index contributed by atoms with van der Waals surface area (Å²) in [5.74, 6) is 0.224. The van der Waals surface area contributed by atoms with Crippen molar-refractivity contribution < 1.29 is 14.3 Å². The first-order valence-electron chi connectivity index (χ1n) is 9.11. The molecule has 3 rings (SSSR count). The maximum Gasteiger partial charge on any atom is 0.243 e. The molecule has 2 aromatic rings. The summed E-state index contributed by atoms with van der Waals surface area (Å²) in [6.45, 7) is 2.91. The van der Waals surface area contributed by atoms with Crippen LogP contribution in [0, 0.1) is 5.82 Å². The van der Waals surface area contributed by atoms with Crippen molar-refractivity contribution in [3.63, 3.8) is 0 Å². The van der Waals surface area contributed by atoms with E-state index in [4.69, 9.17) is 0 Å². The Kier molecular flexibility index (Phi) is 6.31. The zero-order valence-electron chi connectivity index (χ0n) is 15.7. The first kappa shape index (κ1) is 19.5. The van der Waals surface area contributed by atoms with Crippen molar-refractivity contribution in [3.8, 4) is 5.75 Å². The fourth-order valence-corrected chi connectivity index (χ4v) is 3.15. The normalized spacial score (nSPS) is 14.7. The number of aliphatic imine (C=N–C) groups is 1. The second-order valence-corrected chi connectivity index (χ2v) is 6.42. The lowest BCUT2D eigenvalue weighted by Gasteiger charge is -2.37. The molecule has 8 heteroatoms. The van der Waals surface area contributed by atoms with Gasteiger partial charge in [-0.1, -0.05) is 18.2 Å². The number of halogens is 1. The van der Waals surface area contributed by atoms with Gasteiger partial charge in [-0.05, 0) is 30.3 Å². The number of amides is 1. The number of guanidine groups is 1. The second-order valence-electron chi connectivity index (χ2n) is 6.42. The number of nitrogens with zero attached hydrogens (tertiary/aromatic N) is 3. The van der Waals surface area contributed by atoms with Crippen molar-refractivity contribution >= 4 is 23.2 Å². The molecule has 0 aliphatic carbocycles. The summed E-state index contributed by atoms with van der Waals surface area (Å²) in [6, 6.07) is 13.0. The third kappa shape index (κ3) is 4.91. The van der Waals surface area contributed by atoms with Crippen LogP contribution in [0.4, 0.5) is 15.8 Å². The molecule has 0 saturated carbocycles. The third-order valence-corrected chi connectivity index (χ3v) is 4.53. The van der Waals surface area contributed by atoms with Crippen LogP contribution < -0.4 is 15.5 Å². The molecule has 1 aliphatic rings. The molecule has 7 nitrogen and oxygen atoms in total. The Hall–Kier alpha value is -3.29. The molecule has 0 aromatic heterocycles. The number of benzene rings is 2. The van der Waals surface area contributed by atoms with Gasteiger partial charge in [0.2, 0.25) is 5.91 Å². The minimum absolute atomic E-state index is 0.0306. The standard InChI is InChI=1S/C20H24FN5O2/c1-22-20(23-14-19(28)24-16-6-4-5-15(21)13-16)26-11-9-25(10-12-26)17-7-2-3-8-18(17)27/h2-8,13,27H,9-12,14H2,1H3,(H,22,23)(H,24,28). The predicted molar refractivity (Wildman–Crippen MR) is 108 cm³/mol. The highest BCUT2D eigenvalue weighted by atomic mass is 19.1. The number of carbonyl (C=O) groups excluding carboxylic acids is 1. The monoisotopic (exact) mass is 385 g/mol. The number of carbonyl (C=O) groups is 1. The van der Waals surface area contributed by atoms with E-state index in [1.807, 2.05) is 12.1 Å². The molecular weight excluding hydrogens is 361 g/mol. The van der Waals surface area contributed by atoms with Crippen LogP contribution in [0.2, 0.25) is 0 Å². The second kappa shape index (κ2) is 9.07. The first-order chi connectivity index (χ1) is 13.6. The van der Waals surface area contributed by atoms with Gasteiger partial charge in [0.25, 0.3) is 0 Å². The molecule has 1 amide bonds. The fourth-order valence-electron chi connectivity index (χ4n) is 3.15. The average molecular weight is 385 g/mol. The van der Waals surface area contributed by atoms with Crippen molar-refractivity contribution in [2.45, 2.75) is 0 Å². The van der Waals surface area contributed by atoms with Crippen molar-refractivity contribution in [2.24, 2.45) is 4.99 Å². The molecule has 0 unspecified atom stereocenters. The highest BCUT2D eigenvalue weighted by molar-refractivity contribution is 5.95. The van der Waals surface area contributed by atoms with E-state index in [1.54, 1.807) is 31.3 Å². The Morgan fingerprint density at radius 2 is 1.89 bits per heavy atom. The molecule has 28 heavy (non-hydrogen) atoms. The van der Waals surface area contributed by atoms with E-state index in [2.05, 4.69) is 25.4 Å². The van der Waals surface area contributed by atoms with Gasteiger partial charge < -0.3 is 25.5 Å². The average Bonchev–Trinajstić information content (AvgIpc) is 2.69. The van der Waals surface area contributed by atoms with Crippen LogP contribution in [0.5, 0.6) is 5.75 Å². The van der Waals surface area contributed by atoms with E-state index in [0.717, 1.165) is 18.8 Å². The lowest BCUT2D eigenvalue weighted by Crippen LogP contribution is -2.53. The number of nitrogens with one attached hydrogen (secondary N) is 2. The molecule has 148 valence electrons. The molecule has 1 heterocycles. The van der Waals surface area contributed by atoms with E-state index in [0.29, 0.717) is 24.7 Å². The molecule has 0 atom stereocenters. The maximum atomic E-state index is 13.2. The topological polar surface area (TPSA) is 80.2 Å². The molecule has 1 aliphatic heterocycles. The Morgan fingerprint density at radius 3 is 2.57 bits per heavy atom. The van der Waals surface area contributed by atoms with Crippen LogP contribution in [0.3, 0.4) is 0 Å². The number of phenolic OH excluding ortho intramolecular Hbond substituents is 1. The number of piperazine rings is 1. The van der Waals surface area contributed by atoms with Crippen LogP contribution in [-0.2, 0) is 4.79 Å². The van der Waals surface area contributed by atoms with Gasteiger partial charge in [-0.2, -0.15) is 0 Å². The highest BCUT2D eigenvalue weighted by Gasteiger charge is 2.21. The summed E-state index contributed by atoms with van der Waals surface area (Å²) in [4.78, 5) is 20.5. The van der Waals surface area contributed by atoms with Crippen LogP contribution in [0.15, 0.2) is 53.5 Å². The number of anilines is 2. The van der Waals surface area contributed by atoms with Gasteiger partial charge in [-0.3, -0.25) is 9.79 Å². The van der Waals surface area contributed by atoms with Gasteiger partial charge in [0.15, 0.2) is 5.96 Å². The summed E-state index contributed by atoms with van der Waals surface area (Å²) in [5.41, 5.74) is 1.23. The SMILES string of the molecule is CN=C(NCC(=O)Nc1cccc(F)c1)N1CCN(c2ccccc2O)CC1. The molecule has 2 aromatic carbocycles. The predicted octanol–water partition coefficient (Wildman–Crippen LogP) is 1.87. The first-order valence-corrected chi connectivity index (χ1v) is 9.11. The largest absolute Gasteiger partial charge is 0.506 e. The summed E-state index contributed by atoms with van der Waals surface area (Å²) >= 11 is 0. The van der Waals surface area contributed by atoms with E-state index in [-0.39, 0.29) is 18.2 Å². The summed E-state index contributed by atoms with van der Waals surface area (Å²) < 4.78 is 13.2. The fraction of sp³-hybridized carbons (Fsp3) is 0.300. The van der Waals surface area contributed by atoms with Crippen LogP contribution >= 0.6 is 0 Å². The van der Waals surface area contributed by atoms with Crippen molar-refractivity contribution in [1.82, 2.24) is 10.2 Å². The van der Waals surface area contributed by atoms with Gasteiger partial charge >= 0.3 is 0 Å². The zero-order valence-corrected chi connectivity index (χ0v) is 15.7. The number of rotatable bonds is 4. The van der Waals surface area contributed by atoms with Crippen molar-refractivity contribution in [2.75, 3.05) is 50.0 Å². The number of hydrogen-bond donors (Lipinski definition) is 3. The Morgan fingerprint density at radius 1 is 1.14 bits per heavy atom. The maximum absolute atomic E-state index is 13.2. The summed E-state index contributed by atoms with van der Waals surface area (Å²) in [6.07, 6.45) is 0. The molecular formula is C20H24FN5O2. The molecule has 1 saturated heterocycles. The van der Waals surface area contributed by atoms with Gasteiger partial charge in [0.05, 0.1) is 12.2 Å². The Bertz CT molecular complexity index is 850. The quantitative estimate of drug-likeness (QED) is 0.553. The summed E-state index contributed by atoms with van der Waals surface area (Å²) in [5, 5.41) is 15.7. The molecule has 0 radical (unpaired) electrons. The van der Waals surface area contributed by atoms with Gasteiger partial charge in [-0.25, -0.2) is 4.39 Å². The van der Waals surface area contributed by atoms with E-state index < -0.39 is 5.82 Å². The van der Waals surface area contributed by atoms with Gasteiger partial charge in [-0.15, -0.1) is 0 Å². The van der Waals surface area contributed by atoms with Crippen molar-refractivity contribution in [3.05, 3.63) is 54.3 Å². The minimum Gasteiger partial charge on any atom is -0.506 e. The van der Waals surface area contributed by atoms with Gasteiger partial charge in [0, 0.05) is 38.9 Å².